The molecule has 2 aliphatic rings. The highest BCUT2D eigenvalue weighted by Gasteiger charge is 2.45. The second-order valence-corrected chi connectivity index (χ2v) is 17.0. The van der Waals surface area contributed by atoms with E-state index in [2.05, 4.69) is 9.62 Å². The van der Waals surface area contributed by atoms with Crippen LogP contribution in [0.4, 0.5) is 4.79 Å². The Morgan fingerprint density at radius 2 is 1.52 bits per heavy atom. The molecule has 52 heavy (non-hydrogen) atoms. The molecule has 0 bridgehead atoms. The second-order valence-electron chi connectivity index (χ2n) is 14.4. The minimum absolute atomic E-state index is 0.0126. The molecule has 2 unspecified atom stereocenters. The van der Waals surface area contributed by atoms with Crippen LogP contribution in [0.15, 0.2) is 76.6 Å². The number of sulfonamides is 1. The number of carbonyl (C=O) groups is 2. The quantitative estimate of drug-likeness (QED) is 0.248. The first kappa shape index (κ1) is 39.5. The van der Waals surface area contributed by atoms with E-state index in [4.69, 9.17) is 32.9 Å². The summed E-state index contributed by atoms with van der Waals surface area (Å²) in [6.07, 6.45) is 0. The number of nitrogens with zero attached hydrogens (tertiary/aromatic N) is 5. The lowest BCUT2D eigenvalue weighted by atomic mass is 9.93. The summed E-state index contributed by atoms with van der Waals surface area (Å²) in [6.45, 7) is 13.4. The van der Waals surface area contributed by atoms with E-state index in [9.17, 15) is 18.0 Å². The Bertz CT molecular complexity index is 1890. The number of amidine groups is 1. The van der Waals surface area contributed by atoms with E-state index >= 15 is 0 Å². The molecule has 0 saturated carbocycles. The number of benzene rings is 3. The number of rotatable bonds is 10. The Morgan fingerprint density at radius 3 is 2.06 bits per heavy atom. The fourth-order valence-electron chi connectivity index (χ4n) is 6.29. The van der Waals surface area contributed by atoms with Gasteiger partial charge in [0.05, 0.1) is 29.7 Å². The molecule has 3 aromatic carbocycles. The van der Waals surface area contributed by atoms with Crippen molar-refractivity contribution in [1.82, 2.24) is 24.3 Å². The highest BCUT2D eigenvalue weighted by atomic mass is 35.5. The molecule has 1 fully saturated rings. The zero-order valence-electron chi connectivity index (χ0n) is 30.8. The van der Waals surface area contributed by atoms with Crippen LogP contribution in [0.5, 0.6) is 5.75 Å². The Balaban J connectivity index is 1.62. The predicted molar refractivity (Wildman–Crippen MR) is 206 cm³/mol. The summed E-state index contributed by atoms with van der Waals surface area (Å²) in [5, 5.41) is 1.10. The fourth-order valence-corrected chi connectivity index (χ4v) is 7.99. The SMILES string of the molecule is CCOc1ccc(S(=O)(=O)NC(C)(C)C)cc1C1=NC(c2ccc(Cl)cc2)C(c2ccc(Cl)cc2)N1C(=O)N1CCN(CC(=O)N(C)C(C)C)CC1. The molecule has 3 aromatic rings. The van der Waals surface area contributed by atoms with Gasteiger partial charge in [-0.15, -0.1) is 0 Å². The lowest BCUT2D eigenvalue weighted by molar-refractivity contribution is -0.132. The molecule has 14 heteroatoms. The maximum Gasteiger partial charge on any atom is 0.326 e. The molecular formula is C38H48Cl2N6O5S. The van der Waals surface area contributed by atoms with Crippen LogP contribution in [0.1, 0.15) is 70.3 Å². The van der Waals surface area contributed by atoms with Crippen molar-refractivity contribution in [3.05, 3.63) is 93.5 Å². The number of likely N-dealkylation sites (N-methyl/N-ethyl adjacent to an activating group) is 1. The monoisotopic (exact) mass is 770 g/mol. The molecule has 3 amide bonds. The maximum absolute atomic E-state index is 15.0. The van der Waals surface area contributed by atoms with E-state index in [1.165, 1.54) is 12.1 Å². The molecule has 280 valence electrons. The van der Waals surface area contributed by atoms with E-state index in [0.717, 1.165) is 11.1 Å². The number of nitrogens with one attached hydrogen (secondary N) is 1. The summed E-state index contributed by atoms with van der Waals surface area (Å²) in [6, 6.07) is 17.8. The Labute approximate surface area is 317 Å². The van der Waals surface area contributed by atoms with Crippen LogP contribution in [0.25, 0.3) is 0 Å². The Hall–Kier alpha value is -3.68. The standard InChI is InChI=1S/C38H48Cl2N6O5S/c1-8-51-32-18-17-30(52(49,50)42-38(4,5)6)23-31(32)36-41-34(26-9-13-28(39)14-10-26)35(27-11-15-29(40)16-12-27)46(36)37(48)45-21-19-44(20-22-45)24-33(47)43(7)25(2)3/h9-18,23,25,34-35,42H,8,19-22,24H2,1-7H3. The highest BCUT2D eigenvalue weighted by Crippen LogP contribution is 2.46. The average Bonchev–Trinajstić information content (AvgIpc) is 3.48. The molecule has 5 rings (SSSR count). The number of hydrogen-bond donors (Lipinski definition) is 1. The number of piperazine rings is 1. The number of amides is 3. The first-order chi connectivity index (χ1) is 24.5. The minimum Gasteiger partial charge on any atom is -0.493 e. The van der Waals surface area contributed by atoms with Crippen LogP contribution in [-0.4, -0.2) is 104 Å². The molecule has 1 saturated heterocycles. The first-order valence-corrected chi connectivity index (χ1v) is 19.7. The van der Waals surface area contributed by atoms with Gasteiger partial charge in [0.15, 0.2) is 0 Å². The van der Waals surface area contributed by atoms with Crippen molar-refractivity contribution in [3.8, 4) is 5.75 Å². The molecule has 1 N–H and O–H groups in total. The molecule has 0 aliphatic carbocycles. The summed E-state index contributed by atoms with van der Waals surface area (Å²) in [5.41, 5.74) is 1.23. The second kappa shape index (κ2) is 16.1. The molecule has 2 heterocycles. The first-order valence-electron chi connectivity index (χ1n) is 17.4. The van der Waals surface area contributed by atoms with Gasteiger partial charge in [-0.1, -0.05) is 47.5 Å². The van der Waals surface area contributed by atoms with Crippen molar-refractivity contribution in [1.29, 1.82) is 0 Å². The topological polar surface area (TPSA) is 115 Å². The van der Waals surface area contributed by atoms with Crippen LogP contribution in [0.3, 0.4) is 0 Å². The summed E-state index contributed by atoms with van der Waals surface area (Å²) in [4.78, 5) is 40.3. The van der Waals surface area contributed by atoms with E-state index in [0.29, 0.717) is 54.1 Å². The van der Waals surface area contributed by atoms with Crippen LogP contribution < -0.4 is 9.46 Å². The molecule has 0 aromatic heterocycles. The van der Waals surface area contributed by atoms with Crippen molar-refractivity contribution in [2.45, 2.75) is 70.1 Å². The number of aliphatic imine (C=N–C) groups is 1. The zero-order valence-corrected chi connectivity index (χ0v) is 33.1. The minimum atomic E-state index is -3.97. The average molecular weight is 772 g/mol. The fraction of sp³-hybridized carbons (Fsp3) is 0.447. The van der Waals surface area contributed by atoms with E-state index < -0.39 is 27.6 Å². The summed E-state index contributed by atoms with van der Waals surface area (Å²) < 4.78 is 36.1. The molecule has 2 aliphatic heterocycles. The summed E-state index contributed by atoms with van der Waals surface area (Å²) >= 11 is 12.6. The van der Waals surface area contributed by atoms with Gasteiger partial charge in [-0.05, 0) is 95.1 Å². The summed E-state index contributed by atoms with van der Waals surface area (Å²) in [5.74, 6) is 0.687. The lowest BCUT2D eigenvalue weighted by Gasteiger charge is -2.39. The maximum atomic E-state index is 15.0. The zero-order chi connectivity index (χ0) is 38.0. The highest BCUT2D eigenvalue weighted by molar-refractivity contribution is 7.89. The van der Waals surface area contributed by atoms with Crippen molar-refractivity contribution >= 4 is 51.0 Å². The normalized spacial score (nSPS) is 18.5. The third-order valence-corrected chi connectivity index (χ3v) is 11.4. The smallest absolute Gasteiger partial charge is 0.326 e. The van der Waals surface area contributed by atoms with E-state index in [1.54, 1.807) is 72.9 Å². The molecular weight excluding hydrogens is 723 g/mol. The molecule has 2 atom stereocenters. The van der Waals surface area contributed by atoms with Crippen molar-refractivity contribution in [2.24, 2.45) is 4.99 Å². The van der Waals surface area contributed by atoms with Crippen molar-refractivity contribution < 1.29 is 22.7 Å². The largest absolute Gasteiger partial charge is 0.493 e. The predicted octanol–water partition coefficient (Wildman–Crippen LogP) is 6.62. The third-order valence-electron chi connectivity index (χ3n) is 9.11. The number of ether oxygens (including phenoxy) is 1. The number of urea groups is 1. The van der Waals surface area contributed by atoms with Gasteiger partial charge in [0.25, 0.3) is 0 Å². The third kappa shape index (κ3) is 9.09. The number of halogens is 2. The van der Waals surface area contributed by atoms with Crippen LogP contribution in [-0.2, 0) is 14.8 Å². The molecule has 0 radical (unpaired) electrons. The van der Waals surface area contributed by atoms with Gasteiger partial charge in [-0.2, -0.15) is 0 Å². The molecule has 11 nitrogen and oxygen atoms in total. The Morgan fingerprint density at radius 1 is 0.942 bits per heavy atom. The Kier molecular flexibility index (Phi) is 12.3. The van der Waals surface area contributed by atoms with Crippen LogP contribution >= 0.6 is 23.2 Å². The van der Waals surface area contributed by atoms with Crippen molar-refractivity contribution in [3.63, 3.8) is 0 Å². The van der Waals surface area contributed by atoms with Gasteiger partial charge in [0, 0.05) is 54.9 Å². The van der Waals surface area contributed by atoms with Gasteiger partial charge in [-0.3, -0.25) is 19.6 Å². The van der Waals surface area contributed by atoms with Crippen molar-refractivity contribution in [2.75, 3.05) is 46.4 Å². The number of hydrogen-bond acceptors (Lipinski definition) is 7. The van der Waals surface area contributed by atoms with Crippen LogP contribution in [0.2, 0.25) is 10.0 Å². The van der Waals surface area contributed by atoms with Gasteiger partial charge < -0.3 is 14.5 Å². The van der Waals surface area contributed by atoms with Gasteiger partial charge >= 0.3 is 6.03 Å². The van der Waals surface area contributed by atoms with Gasteiger partial charge in [0.2, 0.25) is 15.9 Å². The van der Waals surface area contributed by atoms with E-state index in [1.807, 2.05) is 45.0 Å². The number of carbonyl (C=O) groups excluding carboxylic acids is 2. The van der Waals surface area contributed by atoms with E-state index in [-0.39, 0.29) is 35.3 Å². The van der Waals surface area contributed by atoms with Crippen LogP contribution in [0, 0.1) is 0 Å². The van der Waals surface area contributed by atoms with Gasteiger partial charge in [0.1, 0.15) is 17.6 Å². The molecule has 0 spiro atoms. The summed E-state index contributed by atoms with van der Waals surface area (Å²) in [7, 11) is -2.17. The van der Waals surface area contributed by atoms with Gasteiger partial charge in [-0.25, -0.2) is 17.9 Å². The lowest BCUT2D eigenvalue weighted by Crippen LogP contribution is -2.55.